The van der Waals surface area contributed by atoms with Gasteiger partial charge in [0.2, 0.25) is 0 Å². The molecule has 25 heavy (non-hydrogen) atoms. The third-order valence-corrected chi connectivity index (χ3v) is 3.93. The first kappa shape index (κ1) is 16.7. The standard InChI is InChI=1S/C21H20N2O2/c1-2-12-22-20(24)17-8-5-9-19(14-17)23-21(25)18-11-10-15-6-3-4-7-16(15)13-18/h3-11,13-14H,2,12H2,1H3,(H,22,24)(H,23,25). The zero-order chi connectivity index (χ0) is 17.6. The number of amides is 2. The van der Waals surface area contributed by atoms with E-state index in [1.54, 1.807) is 30.3 Å². The molecule has 3 rings (SSSR count). The van der Waals surface area contributed by atoms with Crippen LogP contribution in [0.4, 0.5) is 5.69 Å². The minimum Gasteiger partial charge on any atom is -0.352 e. The minimum absolute atomic E-state index is 0.136. The molecule has 0 spiro atoms. The Morgan fingerprint density at radius 2 is 1.56 bits per heavy atom. The number of rotatable bonds is 5. The molecule has 0 aromatic heterocycles. The molecular formula is C21H20N2O2. The van der Waals surface area contributed by atoms with Gasteiger partial charge in [0.05, 0.1) is 0 Å². The van der Waals surface area contributed by atoms with E-state index in [1.165, 1.54) is 0 Å². The Balaban J connectivity index is 1.76. The fourth-order valence-electron chi connectivity index (χ4n) is 2.61. The lowest BCUT2D eigenvalue weighted by atomic mass is 10.1. The lowest BCUT2D eigenvalue weighted by Gasteiger charge is -2.09. The van der Waals surface area contributed by atoms with Gasteiger partial charge in [-0.15, -0.1) is 0 Å². The Hall–Kier alpha value is -3.14. The predicted octanol–water partition coefficient (Wildman–Crippen LogP) is 4.23. The molecule has 3 aromatic carbocycles. The molecule has 0 aliphatic heterocycles. The van der Waals surface area contributed by atoms with Crippen LogP contribution in [-0.4, -0.2) is 18.4 Å². The number of hydrogen-bond acceptors (Lipinski definition) is 2. The van der Waals surface area contributed by atoms with Crippen LogP contribution in [0.1, 0.15) is 34.1 Å². The summed E-state index contributed by atoms with van der Waals surface area (Å²) >= 11 is 0. The largest absolute Gasteiger partial charge is 0.352 e. The molecule has 4 heteroatoms. The lowest BCUT2D eigenvalue weighted by Crippen LogP contribution is -2.24. The van der Waals surface area contributed by atoms with Crippen LogP contribution in [0.25, 0.3) is 10.8 Å². The number of carbonyl (C=O) groups excluding carboxylic acids is 2. The maximum absolute atomic E-state index is 12.5. The molecule has 0 saturated carbocycles. The second-order valence-electron chi connectivity index (χ2n) is 5.85. The van der Waals surface area contributed by atoms with Gasteiger partial charge in [-0.1, -0.05) is 43.3 Å². The van der Waals surface area contributed by atoms with E-state index in [4.69, 9.17) is 0 Å². The number of carbonyl (C=O) groups is 2. The number of fused-ring (bicyclic) bond motifs is 1. The molecule has 2 amide bonds. The van der Waals surface area contributed by atoms with Gasteiger partial charge in [0.15, 0.2) is 0 Å². The summed E-state index contributed by atoms with van der Waals surface area (Å²) in [7, 11) is 0. The van der Waals surface area contributed by atoms with Crippen molar-refractivity contribution in [1.82, 2.24) is 5.32 Å². The van der Waals surface area contributed by atoms with Gasteiger partial charge in [0.1, 0.15) is 0 Å². The summed E-state index contributed by atoms with van der Waals surface area (Å²) < 4.78 is 0. The fourth-order valence-corrected chi connectivity index (χ4v) is 2.61. The van der Waals surface area contributed by atoms with E-state index < -0.39 is 0 Å². The van der Waals surface area contributed by atoms with Gasteiger partial charge in [-0.2, -0.15) is 0 Å². The fraction of sp³-hybridized carbons (Fsp3) is 0.143. The monoisotopic (exact) mass is 332 g/mol. The van der Waals surface area contributed by atoms with Gasteiger partial charge in [-0.05, 0) is 47.5 Å². The van der Waals surface area contributed by atoms with Crippen molar-refractivity contribution in [1.29, 1.82) is 0 Å². The molecule has 0 saturated heterocycles. The van der Waals surface area contributed by atoms with Crippen molar-refractivity contribution >= 4 is 28.3 Å². The zero-order valence-corrected chi connectivity index (χ0v) is 14.1. The topological polar surface area (TPSA) is 58.2 Å². The van der Waals surface area contributed by atoms with Gasteiger partial charge in [-0.3, -0.25) is 9.59 Å². The molecular weight excluding hydrogens is 312 g/mol. The lowest BCUT2D eigenvalue weighted by molar-refractivity contribution is 0.0952. The average Bonchev–Trinajstić information content (AvgIpc) is 2.65. The first-order valence-corrected chi connectivity index (χ1v) is 8.36. The highest BCUT2D eigenvalue weighted by molar-refractivity contribution is 6.07. The van der Waals surface area contributed by atoms with Crippen molar-refractivity contribution in [3.63, 3.8) is 0 Å². The van der Waals surface area contributed by atoms with E-state index in [2.05, 4.69) is 10.6 Å². The van der Waals surface area contributed by atoms with Crippen molar-refractivity contribution in [2.45, 2.75) is 13.3 Å². The molecule has 0 heterocycles. The van der Waals surface area contributed by atoms with Gasteiger partial charge >= 0.3 is 0 Å². The van der Waals surface area contributed by atoms with Crippen LogP contribution in [0, 0.1) is 0 Å². The maximum Gasteiger partial charge on any atom is 0.255 e. The molecule has 0 aliphatic rings. The van der Waals surface area contributed by atoms with Crippen LogP contribution in [0.15, 0.2) is 66.7 Å². The van der Waals surface area contributed by atoms with Crippen molar-refractivity contribution in [3.05, 3.63) is 77.9 Å². The van der Waals surface area contributed by atoms with Gasteiger partial charge < -0.3 is 10.6 Å². The molecule has 2 N–H and O–H groups in total. The second-order valence-corrected chi connectivity index (χ2v) is 5.85. The van der Waals surface area contributed by atoms with Crippen molar-refractivity contribution in [2.24, 2.45) is 0 Å². The highest BCUT2D eigenvalue weighted by Crippen LogP contribution is 2.17. The predicted molar refractivity (Wildman–Crippen MR) is 101 cm³/mol. The number of nitrogens with one attached hydrogen (secondary N) is 2. The van der Waals surface area contributed by atoms with Gasteiger partial charge in [0, 0.05) is 23.4 Å². The van der Waals surface area contributed by atoms with Gasteiger partial charge in [-0.25, -0.2) is 0 Å². The maximum atomic E-state index is 12.5. The van der Waals surface area contributed by atoms with Crippen LogP contribution < -0.4 is 10.6 Å². The highest BCUT2D eigenvalue weighted by atomic mass is 16.2. The quantitative estimate of drug-likeness (QED) is 0.734. The Bertz CT molecular complexity index is 918. The number of anilines is 1. The first-order chi connectivity index (χ1) is 12.2. The molecule has 3 aromatic rings. The van der Waals surface area contributed by atoms with E-state index in [0.29, 0.717) is 23.4 Å². The van der Waals surface area contributed by atoms with Gasteiger partial charge in [0.25, 0.3) is 11.8 Å². The average molecular weight is 332 g/mol. The van der Waals surface area contributed by atoms with E-state index in [-0.39, 0.29) is 11.8 Å². The smallest absolute Gasteiger partial charge is 0.255 e. The molecule has 4 nitrogen and oxygen atoms in total. The van der Waals surface area contributed by atoms with E-state index >= 15 is 0 Å². The summed E-state index contributed by atoms with van der Waals surface area (Å²) in [5.41, 5.74) is 1.71. The third-order valence-electron chi connectivity index (χ3n) is 3.93. The van der Waals surface area contributed by atoms with Crippen LogP contribution in [0.5, 0.6) is 0 Å². The number of benzene rings is 3. The van der Waals surface area contributed by atoms with E-state index in [1.807, 2.05) is 43.3 Å². The van der Waals surface area contributed by atoms with Crippen LogP contribution in [0.3, 0.4) is 0 Å². The summed E-state index contributed by atoms with van der Waals surface area (Å²) in [6.45, 7) is 2.63. The van der Waals surface area contributed by atoms with Crippen LogP contribution in [0.2, 0.25) is 0 Å². The van der Waals surface area contributed by atoms with Crippen molar-refractivity contribution in [3.8, 4) is 0 Å². The molecule has 0 fully saturated rings. The Morgan fingerprint density at radius 3 is 2.36 bits per heavy atom. The molecule has 0 unspecified atom stereocenters. The summed E-state index contributed by atoms with van der Waals surface area (Å²) in [4.78, 5) is 24.5. The Kier molecular flexibility index (Phi) is 5.09. The van der Waals surface area contributed by atoms with Crippen molar-refractivity contribution < 1.29 is 9.59 Å². The highest BCUT2D eigenvalue weighted by Gasteiger charge is 2.09. The molecule has 0 atom stereocenters. The molecule has 0 bridgehead atoms. The second kappa shape index (κ2) is 7.62. The Morgan fingerprint density at radius 1 is 0.800 bits per heavy atom. The number of hydrogen-bond donors (Lipinski definition) is 2. The SMILES string of the molecule is CCCNC(=O)c1cccc(NC(=O)c2ccc3ccccc3c2)c1. The normalized spacial score (nSPS) is 10.4. The summed E-state index contributed by atoms with van der Waals surface area (Å²) in [6, 6.07) is 20.4. The molecule has 126 valence electrons. The summed E-state index contributed by atoms with van der Waals surface area (Å²) in [5.74, 6) is -0.333. The van der Waals surface area contributed by atoms with Crippen molar-refractivity contribution in [2.75, 3.05) is 11.9 Å². The zero-order valence-electron chi connectivity index (χ0n) is 14.1. The van der Waals surface area contributed by atoms with E-state index in [0.717, 1.165) is 17.2 Å². The van der Waals surface area contributed by atoms with E-state index in [9.17, 15) is 9.59 Å². The minimum atomic E-state index is -0.197. The van der Waals surface area contributed by atoms with Crippen LogP contribution >= 0.6 is 0 Å². The first-order valence-electron chi connectivity index (χ1n) is 8.36. The third kappa shape index (κ3) is 4.04. The van der Waals surface area contributed by atoms with Crippen LogP contribution in [-0.2, 0) is 0 Å². The summed E-state index contributed by atoms with van der Waals surface area (Å²) in [6.07, 6.45) is 0.879. The summed E-state index contributed by atoms with van der Waals surface area (Å²) in [5, 5.41) is 7.79. The Labute approximate surface area is 146 Å². The molecule has 0 aliphatic carbocycles. The molecule has 0 radical (unpaired) electrons.